The van der Waals surface area contributed by atoms with Crippen LogP contribution in [0.3, 0.4) is 0 Å². The second-order valence-corrected chi connectivity index (χ2v) is 8.90. The molecule has 1 aromatic carbocycles. The number of rotatable bonds is 4. The lowest BCUT2D eigenvalue weighted by molar-refractivity contribution is -0.136. The number of amides is 3. The maximum atomic E-state index is 12.5. The normalized spacial score (nSPS) is 17.2. The van der Waals surface area contributed by atoms with Gasteiger partial charge in [-0.2, -0.15) is 5.26 Å². The lowest BCUT2D eigenvalue weighted by atomic mass is 9.96. The monoisotopic (exact) mass is 459 g/mol. The summed E-state index contributed by atoms with van der Waals surface area (Å²) in [6.07, 6.45) is 6.77. The molecule has 0 atom stereocenters. The van der Waals surface area contributed by atoms with E-state index in [4.69, 9.17) is 0 Å². The molecule has 0 bridgehead atoms. The Labute approximate surface area is 197 Å². The number of anilines is 3. The van der Waals surface area contributed by atoms with Crippen LogP contribution in [0.4, 0.5) is 17.2 Å². The van der Waals surface area contributed by atoms with E-state index in [1.165, 1.54) is 6.20 Å². The molecule has 4 heterocycles. The maximum Gasteiger partial charge on any atom is 0.313 e. The fourth-order valence-corrected chi connectivity index (χ4v) is 5.05. The Morgan fingerprint density at radius 2 is 1.85 bits per heavy atom. The maximum absolute atomic E-state index is 12.5. The van der Waals surface area contributed by atoms with E-state index in [-0.39, 0.29) is 11.8 Å². The van der Waals surface area contributed by atoms with Crippen LogP contribution in [-0.4, -0.2) is 53.9 Å². The number of nitrogens with zero attached hydrogens (tertiary/aromatic N) is 5. The number of hydrogen-bond acceptors (Lipinski definition) is 7. The van der Waals surface area contributed by atoms with Crippen molar-refractivity contribution in [2.75, 3.05) is 41.3 Å². The largest absolute Gasteiger partial charge is 0.354 e. The predicted molar refractivity (Wildman–Crippen MR) is 124 cm³/mol. The van der Waals surface area contributed by atoms with E-state index in [1.807, 2.05) is 15.9 Å². The molecule has 3 aliphatic rings. The molecular formula is C24H25N7O3. The molecule has 3 amide bonds. The molecule has 1 fully saturated rings. The van der Waals surface area contributed by atoms with Crippen LogP contribution >= 0.6 is 0 Å². The smallest absolute Gasteiger partial charge is 0.313 e. The number of hydrogen-bond donors (Lipinski definition) is 2. The van der Waals surface area contributed by atoms with E-state index in [2.05, 4.69) is 26.7 Å². The molecule has 2 aromatic rings. The number of nitrogens with one attached hydrogen (secondary N) is 2. The number of carbonyl (C=O) groups excluding carboxylic acids is 3. The van der Waals surface area contributed by atoms with Gasteiger partial charge in [-0.1, -0.05) is 0 Å². The first kappa shape index (κ1) is 21.8. The molecule has 0 saturated carbocycles. The molecule has 0 unspecified atom stereocenters. The number of aryl methyl sites for hydroxylation is 1. The number of benzene rings is 1. The lowest BCUT2D eigenvalue weighted by Crippen LogP contribution is -2.42. The van der Waals surface area contributed by atoms with Gasteiger partial charge < -0.3 is 20.4 Å². The van der Waals surface area contributed by atoms with Gasteiger partial charge in [0.05, 0.1) is 12.1 Å². The van der Waals surface area contributed by atoms with Crippen molar-refractivity contribution in [3.8, 4) is 6.07 Å². The summed E-state index contributed by atoms with van der Waals surface area (Å²) in [7, 11) is 0. The minimum Gasteiger partial charge on any atom is -0.354 e. The Morgan fingerprint density at radius 3 is 2.65 bits per heavy atom. The highest BCUT2D eigenvalue weighted by Gasteiger charge is 2.32. The Hall–Kier alpha value is -4.00. The average Bonchev–Trinajstić information content (AvgIpc) is 3.19. The lowest BCUT2D eigenvalue weighted by Gasteiger charge is -2.32. The molecule has 174 valence electrons. The summed E-state index contributed by atoms with van der Waals surface area (Å²) in [6, 6.07) is 5.73. The zero-order chi connectivity index (χ0) is 23.7. The molecule has 3 aliphatic heterocycles. The zero-order valence-electron chi connectivity index (χ0n) is 18.7. The molecule has 1 saturated heterocycles. The predicted octanol–water partition coefficient (Wildman–Crippen LogP) is 1.15. The Morgan fingerprint density at radius 1 is 1.09 bits per heavy atom. The van der Waals surface area contributed by atoms with Gasteiger partial charge in [0.1, 0.15) is 6.07 Å². The average molecular weight is 460 g/mol. The van der Waals surface area contributed by atoms with E-state index in [0.29, 0.717) is 43.3 Å². The van der Waals surface area contributed by atoms with Crippen LogP contribution in [0.2, 0.25) is 0 Å². The van der Waals surface area contributed by atoms with Crippen LogP contribution < -0.4 is 20.4 Å². The number of carbonyl (C=O) groups is 3. The van der Waals surface area contributed by atoms with Gasteiger partial charge in [-0.25, -0.2) is 9.97 Å². The van der Waals surface area contributed by atoms with Crippen LogP contribution in [0.1, 0.15) is 36.1 Å². The van der Waals surface area contributed by atoms with Gasteiger partial charge in [0.2, 0.25) is 5.91 Å². The fraction of sp³-hybridized carbons (Fsp3) is 0.417. The summed E-state index contributed by atoms with van der Waals surface area (Å²) in [5, 5.41) is 14.7. The first-order valence-electron chi connectivity index (χ1n) is 11.5. The molecule has 5 rings (SSSR count). The molecule has 10 heteroatoms. The Balaban J connectivity index is 1.13. The van der Waals surface area contributed by atoms with Gasteiger partial charge in [0.15, 0.2) is 11.5 Å². The van der Waals surface area contributed by atoms with Gasteiger partial charge in [-0.15, -0.1) is 0 Å². The second-order valence-electron chi connectivity index (χ2n) is 8.90. The van der Waals surface area contributed by atoms with Gasteiger partial charge >= 0.3 is 11.8 Å². The van der Waals surface area contributed by atoms with Crippen LogP contribution in [-0.2, 0) is 27.2 Å². The summed E-state index contributed by atoms with van der Waals surface area (Å²) in [4.78, 5) is 49.3. The molecule has 0 radical (unpaired) electrons. The molecule has 34 heavy (non-hydrogen) atoms. The quantitative estimate of drug-likeness (QED) is 0.656. The Kier molecular flexibility index (Phi) is 5.84. The van der Waals surface area contributed by atoms with Crippen LogP contribution in [0.15, 0.2) is 24.5 Å². The number of aromatic nitrogens is 2. The van der Waals surface area contributed by atoms with Crippen LogP contribution in [0, 0.1) is 17.2 Å². The van der Waals surface area contributed by atoms with E-state index in [0.717, 1.165) is 49.0 Å². The summed E-state index contributed by atoms with van der Waals surface area (Å²) >= 11 is 0. The summed E-state index contributed by atoms with van der Waals surface area (Å²) in [5.74, 6) is -0.470. The van der Waals surface area contributed by atoms with Crippen molar-refractivity contribution in [1.82, 2.24) is 15.3 Å². The van der Waals surface area contributed by atoms with Crippen molar-refractivity contribution in [3.63, 3.8) is 0 Å². The molecule has 10 nitrogen and oxygen atoms in total. The van der Waals surface area contributed by atoms with Crippen molar-refractivity contribution >= 4 is 34.9 Å². The third-order valence-electron chi connectivity index (χ3n) is 6.72. The Bertz CT molecular complexity index is 1200. The van der Waals surface area contributed by atoms with Gasteiger partial charge in [0, 0.05) is 44.3 Å². The SMILES string of the molecule is N#Cc1nccnc1N1CCC(CNC(=O)C(=O)Nc2cc3c4c(c2)CC(=O)N4CCC3)CC1. The number of piperidine rings is 1. The molecule has 1 aromatic heterocycles. The minimum absolute atomic E-state index is 0.0892. The van der Waals surface area contributed by atoms with Crippen LogP contribution in [0.25, 0.3) is 0 Å². The molecule has 2 N–H and O–H groups in total. The topological polar surface area (TPSA) is 131 Å². The highest BCUT2D eigenvalue weighted by Crippen LogP contribution is 2.38. The third-order valence-corrected chi connectivity index (χ3v) is 6.72. The highest BCUT2D eigenvalue weighted by atomic mass is 16.2. The van der Waals surface area contributed by atoms with E-state index in [1.54, 1.807) is 12.3 Å². The molecule has 0 spiro atoms. The van der Waals surface area contributed by atoms with Gasteiger partial charge in [0.25, 0.3) is 0 Å². The third kappa shape index (κ3) is 4.17. The first-order valence-corrected chi connectivity index (χ1v) is 11.5. The van der Waals surface area contributed by atoms with Crippen molar-refractivity contribution in [3.05, 3.63) is 41.3 Å². The van der Waals surface area contributed by atoms with E-state index in [9.17, 15) is 19.6 Å². The summed E-state index contributed by atoms with van der Waals surface area (Å²) in [5.41, 5.74) is 3.79. The van der Waals surface area contributed by atoms with Gasteiger partial charge in [-0.3, -0.25) is 14.4 Å². The second kappa shape index (κ2) is 9.09. The van der Waals surface area contributed by atoms with Crippen molar-refractivity contribution in [2.24, 2.45) is 5.92 Å². The standard InChI is InChI=1S/C24H25N7O3/c25-13-19-22(27-6-5-26-19)30-8-3-15(4-9-30)14-28-23(33)24(34)29-18-10-16-2-1-7-31-20(32)12-17(11-18)21(16)31/h5-6,10-11,15H,1-4,7-9,12,14H2,(H,28,33)(H,29,34). The number of nitriles is 1. The van der Waals surface area contributed by atoms with Crippen LogP contribution in [0.5, 0.6) is 0 Å². The summed E-state index contributed by atoms with van der Waals surface area (Å²) in [6.45, 7) is 2.55. The highest BCUT2D eigenvalue weighted by molar-refractivity contribution is 6.39. The zero-order valence-corrected chi connectivity index (χ0v) is 18.7. The van der Waals surface area contributed by atoms with E-state index >= 15 is 0 Å². The molecule has 0 aliphatic carbocycles. The van der Waals surface area contributed by atoms with E-state index < -0.39 is 11.8 Å². The van der Waals surface area contributed by atoms with Crippen molar-refractivity contribution in [1.29, 1.82) is 5.26 Å². The summed E-state index contributed by atoms with van der Waals surface area (Å²) < 4.78 is 0. The first-order chi connectivity index (χ1) is 16.5. The van der Waals surface area contributed by atoms with Gasteiger partial charge in [-0.05, 0) is 54.9 Å². The minimum atomic E-state index is -0.709. The molecular weight excluding hydrogens is 434 g/mol. The van der Waals surface area contributed by atoms with Crippen molar-refractivity contribution < 1.29 is 14.4 Å². The van der Waals surface area contributed by atoms with Crippen molar-refractivity contribution in [2.45, 2.75) is 32.1 Å². The fourth-order valence-electron chi connectivity index (χ4n) is 5.05.